The predicted molar refractivity (Wildman–Crippen MR) is 47.2 cm³/mol. The number of halogens is 3. The van der Waals surface area contributed by atoms with Crippen molar-refractivity contribution in [2.45, 2.75) is 6.18 Å². The molecule has 0 bridgehead atoms. The highest BCUT2D eigenvalue weighted by molar-refractivity contribution is 5.93. The third kappa shape index (κ3) is 2.43. The van der Waals surface area contributed by atoms with Crippen molar-refractivity contribution in [2.24, 2.45) is 5.11 Å². The number of carboxylic acid groups (broad SMARTS) is 1. The normalized spacial score (nSPS) is 10.7. The molecule has 16 heavy (non-hydrogen) atoms. The summed E-state index contributed by atoms with van der Waals surface area (Å²) in [4.78, 5) is 12.9. The number of benzene rings is 1. The number of hydrogen-bond acceptors (Lipinski definition) is 2. The highest BCUT2D eigenvalue weighted by Gasteiger charge is 2.31. The second-order valence-electron chi connectivity index (χ2n) is 2.72. The van der Waals surface area contributed by atoms with Gasteiger partial charge in [0, 0.05) is 4.91 Å². The van der Waals surface area contributed by atoms with Crippen LogP contribution in [0.15, 0.2) is 23.3 Å². The molecule has 0 aromatic heterocycles. The van der Waals surface area contributed by atoms with Gasteiger partial charge in [0.2, 0.25) is 0 Å². The maximum Gasteiger partial charge on any atom is 0.416 e. The standard InChI is InChI=1S/C8H4F3N3O2/c9-8(10,11)4-1-2-5(7(15)16)6(3-4)13-14-12/h1-3H,(H,15,16). The van der Waals surface area contributed by atoms with Crippen LogP contribution in [0, 0.1) is 0 Å². The summed E-state index contributed by atoms with van der Waals surface area (Å²) in [5.41, 5.74) is 5.99. The van der Waals surface area contributed by atoms with Crippen LogP contribution in [-0.4, -0.2) is 11.1 Å². The number of rotatable bonds is 2. The monoisotopic (exact) mass is 231 g/mol. The first-order chi connectivity index (χ1) is 7.36. The van der Waals surface area contributed by atoms with Gasteiger partial charge in [-0.2, -0.15) is 13.2 Å². The first kappa shape index (κ1) is 11.9. The summed E-state index contributed by atoms with van der Waals surface area (Å²) in [7, 11) is 0. The zero-order chi connectivity index (χ0) is 12.3. The van der Waals surface area contributed by atoms with Crippen LogP contribution in [0.4, 0.5) is 18.9 Å². The van der Waals surface area contributed by atoms with E-state index in [1.165, 1.54) is 0 Å². The molecule has 0 heterocycles. The van der Waals surface area contributed by atoms with Crippen molar-refractivity contribution >= 4 is 11.7 Å². The number of carboxylic acids is 1. The first-order valence-corrected chi connectivity index (χ1v) is 3.86. The maximum absolute atomic E-state index is 12.3. The molecule has 1 aromatic carbocycles. The molecule has 5 nitrogen and oxygen atoms in total. The molecule has 0 fully saturated rings. The van der Waals surface area contributed by atoms with Crippen molar-refractivity contribution in [2.75, 3.05) is 0 Å². The number of carbonyl (C=O) groups is 1. The molecule has 0 amide bonds. The van der Waals surface area contributed by atoms with Gasteiger partial charge in [-0.3, -0.25) is 0 Å². The smallest absolute Gasteiger partial charge is 0.416 e. The molecule has 0 saturated heterocycles. The Morgan fingerprint density at radius 1 is 1.44 bits per heavy atom. The van der Waals surface area contributed by atoms with Crippen molar-refractivity contribution in [1.82, 2.24) is 0 Å². The maximum atomic E-state index is 12.3. The van der Waals surface area contributed by atoms with Gasteiger partial charge < -0.3 is 5.11 Å². The Bertz CT molecular complexity index is 478. The second kappa shape index (κ2) is 4.11. The van der Waals surface area contributed by atoms with E-state index >= 15 is 0 Å². The van der Waals surface area contributed by atoms with Crippen molar-refractivity contribution in [3.8, 4) is 0 Å². The molecule has 84 valence electrons. The van der Waals surface area contributed by atoms with Crippen molar-refractivity contribution in [3.63, 3.8) is 0 Å². The Morgan fingerprint density at radius 3 is 2.50 bits per heavy atom. The minimum absolute atomic E-state index is 0.481. The van der Waals surface area contributed by atoms with Crippen LogP contribution in [0.1, 0.15) is 15.9 Å². The number of hydrogen-bond donors (Lipinski definition) is 1. The minimum Gasteiger partial charge on any atom is -0.478 e. The zero-order valence-electron chi connectivity index (χ0n) is 7.56. The molecule has 0 atom stereocenters. The summed E-state index contributed by atoms with van der Waals surface area (Å²) in [6.07, 6.45) is -4.61. The van der Waals surface area contributed by atoms with E-state index in [0.717, 1.165) is 6.07 Å². The van der Waals surface area contributed by atoms with Crippen LogP contribution in [0.3, 0.4) is 0 Å². The van der Waals surface area contributed by atoms with Gasteiger partial charge in [0.15, 0.2) is 0 Å². The summed E-state index contributed by atoms with van der Waals surface area (Å²) >= 11 is 0. The predicted octanol–water partition coefficient (Wildman–Crippen LogP) is 3.35. The van der Waals surface area contributed by atoms with Crippen molar-refractivity contribution in [3.05, 3.63) is 39.8 Å². The minimum atomic E-state index is -4.61. The molecule has 0 aliphatic heterocycles. The van der Waals surface area contributed by atoms with Gasteiger partial charge in [0.05, 0.1) is 16.8 Å². The molecule has 1 rings (SSSR count). The molecule has 1 N–H and O–H groups in total. The number of nitrogens with zero attached hydrogens (tertiary/aromatic N) is 3. The Kier molecular flexibility index (Phi) is 3.05. The van der Waals surface area contributed by atoms with E-state index in [1.807, 2.05) is 0 Å². The van der Waals surface area contributed by atoms with Crippen LogP contribution in [0.2, 0.25) is 0 Å². The fourth-order valence-corrected chi connectivity index (χ4v) is 1.02. The lowest BCUT2D eigenvalue weighted by Crippen LogP contribution is -2.06. The summed E-state index contributed by atoms with van der Waals surface area (Å²) in [5.74, 6) is -1.46. The Labute approximate surface area is 86.7 Å². The lowest BCUT2D eigenvalue weighted by Gasteiger charge is -2.08. The van der Waals surface area contributed by atoms with Crippen molar-refractivity contribution in [1.29, 1.82) is 0 Å². The van der Waals surface area contributed by atoms with E-state index in [4.69, 9.17) is 10.6 Å². The molecular formula is C8H4F3N3O2. The third-order valence-electron chi connectivity index (χ3n) is 1.71. The van der Waals surface area contributed by atoms with Gasteiger partial charge in [0.25, 0.3) is 0 Å². The first-order valence-electron chi connectivity index (χ1n) is 3.86. The Morgan fingerprint density at radius 2 is 2.06 bits per heavy atom. The lowest BCUT2D eigenvalue weighted by atomic mass is 10.1. The summed E-state index contributed by atoms with van der Waals surface area (Å²) in [6, 6.07) is 1.85. The van der Waals surface area contributed by atoms with Gasteiger partial charge in [-0.05, 0) is 23.7 Å². The summed E-state index contributed by atoms with van der Waals surface area (Å²) < 4.78 is 36.8. The van der Waals surface area contributed by atoms with Crippen LogP contribution in [0.5, 0.6) is 0 Å². The third-order valence-corrected chi connectivity index (χ3v) is 1.71. The average molecular weight is 231 g/mol. The summed E-state index contributed by atoms with van der Waals surface area (Å²) in [5, 5.41) is 11.5. The molecule has 0 unspecified atom stereocenters. The van der Waals surface area contributed by atoms with E-state index < -0.39 is 29.0 Å². The average Bonchev–Trinajstić information content (AvgIpc) is 2.16. The molecule has 0 aliphatic carbocycles. The molecule has 0 spiro atoms. The topological polar surface area (TPSA) is 86.1 Å². The number of aromatic carboxylic acids is 1. The Hall–Kier alpha value is -2.21. The fourth-order valence-electron chi connectivity index (χ4n) is 1.02. The van der Waals surface area contributed by atoms with Crippen molar-refractivity contribution < 1.29 is 23.1 Å². The SMILES string of the molecule is [N-]=[N+]=Nc1cc(C(F)(F)F)ccc1C(=O)O. The Balaban J connectivity index is 3.39. The molecule has 0 saturated carbocycles. The van der Waals surface area contributed by atoms with E-state index in [1.54, 1.807) is 0 Å². The number of alkyl halides is 3. The van der Waals surface area contributed by atoms with E-state index in [2.05, 4.69) is 10.0 Å². The van der Waals surface area contributed by atoms with Gasteiger partial charge in [0.1, 0.15) is 0 Å². The second-order valence-corrected chi connectivity index (χ2v) is 2.72. The molecule has 0 radical (unpaired) electrons. The molecular weight excluding hydrogens is 227 g/mol. The highest BCUT2D eigenvalue weighted by Crippen LogP contribution is 2.33. The van der Waals surface area contributed by atoms with Crippen LogP contribution in [-0.2, 0) is 6.18 Å². The van der Waals surface area contributed by atoms with Crippen LogP contribution >= 0.6 is 0 Å². The largest absolute Gasteiger partial charge is 0.478 e. The van der Waals surface area contributed by atoms with Gasteiger partial charge in [-0.25, -0.2) is 4.79 Å². The van der Waals surface area contributed by atoms with E-state index in [0.29, 0.717) is 12.1 Å². The fraction of sp³-hybridized carbons (Fsp3) is 0.125. The van der Waals surface area contributed by atoms with Crippen LogP contribution < -0.4 is 0 Å². The number of azide groups is 1. The van der Waals surface area contributed by atoms with Gasteiger partial charge in [-0.15, -0.1) is 0 Å². The highest BCUT2D eigenvalue weighted by atomic mass is 19.4. The quantitative estimate of drug-likeness (QED) is 0.480. The molecule has 0 aliphatic rings. The van der Waals surface area contributed by atoms with Gasteiger partial charge >= 0.3 is 12.1 Å². The lowest BCUT2D eigenvalue weighted by molar-refractivity contribution is -0.137. The van der Waals surface area contributed by atoms with Gasteiger partial charge in [-0.1, -0.05) is 5.11 Å². The van der Waals surface area contributed by atoms with E-state index in [9.17, 15) is 18.0 Å². The van der Waals surface area contributed by atoms with Crippen LogP contribution in [0.25, 0.3) is 10.4 Å². The summed E-state index contributed by atoms with van der Waals surface area (Å²) in [6.45, 7) is 0. The van der Waals surface area contributed by atoms with E-state index in [-0.39, 0.29) is 0 Å². The zero-order valence-corrected chi connectivity index (χ0v) is 7.56. The molecule has 8 heteroatoms. The molecule has 1 aromatic rings.